The average Bonchev–Trinajstić information content (AvgIpc) is 2.67. The zero-order chi connectivity index (χ0) is 18.9. The molecule has 0 aromatic heterocycles. The quantitative estimate of drug-likeness (QED) is 0.467. The maximum atomic E-state index is 11.9. The van der Waals surface area contributed by atoms with Gasteiger partial charge in [0.2, 0.25) is 0 Å². The summed E-state index contributed by atoms with van der Waals surface area (Å²) in [5, 5.41) is 6.23. The molecule has 2 aromatic carbocycles. The Morgan fingerprint density at radius 2 is 1.73 bits per heavy atom. The van der Waals surface area contributed by atoms with Gasteiger partial charge in [-0.25, -0.2) is 5.43 Å². The van der Waals surface area contributed by atoms with Gasteiger partial charge in [-0.05, 0) is 24.3 Å². The van der Waals surface area contributed by atoms with E-state index in [0.29, 0.717) is 28.5 Å². The molecule has 8 nitrogen and oxygen atoms in total. The van der Waals surface area contributed by atoms with E-state index in [1.807, 2.05) is 0 Å². The van der Waals surface area contributed by atoms with Crippen LogP contribution in [0, 0.1) is 0 Å². The van der Waals surface area contributed by atoms with Gasteiger partial charge < -0.3 is 19.5 Å². The number of amides is 2. The Morgan fingerprint density at radius 1 is 0.962 bits per heavy atom. The van der Waals surface area contributed by atoms with Crippen molar-refractivity contribution in [2.24, 2.45) is 5.10 Å². The van der Waals surface area contributed by atoms with Crippen LogP contribution in [-0.2, 0) is 9.59 Å². The number of nitrogens with one attached hydrogen (secondary N) is 2. The zero-order valence-corrected chi connectivity index (χ0v) is 14.6. The summed E-state index contributed by atoms with van der Waals surface area (Å²) in [7, 11) is 4.52. The summed E-state index contributed by atoms with van der Waals surface area (Å²) < 4.78 is 15.5. The van der Waals surface area contributed by atoms with E-state index in [-0.39, 0.29) is 0 Å². The van der Waals surface area contributed by atoms with Gasteiger partial charge in [0, 0.05) is 17.3 Å². The van der Waals surface area contributed by atoms with Crippen LogP contribution in [0.4, 0.5) is 5.69 Å². The molecular weight excluding hydrogens is 338 g/mol. The third kappa shape index (κ3) is 4.73. The predicted molar refractivity (Wildman–Crippen MR) is 96.9 cm³/mol. The van der Waals surface area contributed by atoms with E-state index in [2.05, 4.69) is 15.8 Å². The lowest BCUT2D eigenvalue weighted by Gasteiger charge is -2.09. The standard InChI is InChI=1S/C18H19N3O5/c1-24-14-8-5-7-13(10-14)20-17(22)18(23)21-19-11-12-6-4-9-15(25-2)16(12)26-3/h4-11H,1-3H3,(H,20,22)(H,21,23)/b19-11-. The number of hydrogen-bond donors (Lipinski definition) is 2. The van der Waals surface area contributed by atoms with Crippen LogP contribution in [0.2, 0.25) is 0 Å². The highest BCUT2D eigenvalue weighted by Crippen LogP contribution is 2.29. The van der Waals surface area contributed by atoms with E-state index in [4.69, 9.17) is 14.2 Å². The number of nitrogens with zero attached hydrogens (tertiary/aromatic N) is 1. The molecule has 8 heteroatoms. The molecule has 0 aliphatic heterocycles. The summed E-state index contributed by atoms with van der Waals surface area (Å²) in [5.74, 6) is -0.210. The Balaban J connectivity index is 1.99. The molecule has 2 rings (SSSR count). The van der Waals surface area contributed by atoms with Crippen molar-refractivity contribution in [3.8, 4) is 17.2 Å². The number of hydrazone groups is 1. The SMILES string of the molecule is COc1cccc(NC(=O)C(=O)N/N=C\c2cccc(OC)c2OC)c1. The van der Waals surface area contributed by atoms with Gasteiger partial charge in [0.1, 0.15) is 5.75 Å². The molecule has 0 spiro atoms. The minimum absolute atomic E-state index is 0.433. The highest BCUT2D eigenvalue weighted by molar-refractivity contribution is 6.39. The molecule has 0 saturated heterocycles. The van der Waals surface area contributed by atoms with Crippen LogP contribution in [0.15, 0.2) is 47.6 Å². The van der Waals surface area contributed by atoms with E-state index in [1.54, 1.807) is 42.5 Å². The number of methoxy groups -OCH3 is 3. The van der Waals surface area contributed by atoms with E-state index in [1.165, 1.54) is 27.5 Å². The third-order valence-electron chi connectivity index (χ3n) is 3.34. The van der Waals surface area contributed by atoms with Crippen molar-refractivity contribution in [1.29, 1.82) is 0 Å². The maximum Gasteiger partial charge on any atom is 0.329 e. The van der Waals surface area contributed by atoms with Crippen LogP contribution in [0.1, 0.15) is 5.56 Å². The van der Waals surface area contributed by atoms with Crippen LogP contribution in [0.3, 0.4) is 0 Å². The first kappa shape index (κ1) is 18.8. The fraction of sp³-hybridized carbons (Fsp3) is 0.167. The molecular formula is C18H19N3O5. The van der Waals surface area contributed by atoms with Crippen molar-refractivity contribution in [3.63, 3.8) is 0 Å². The number of carbonyl (C=O) groups excluding carboxylic acids is 2. The number of rotatable bonds is 6. The van der Waals surface area contributed by atoms with Crippen LogP contribution >= 0.6 is 0 Å². The lowest BCUT2D eigenvalue weighted by molar-refractivity contribution is -0.136. The van der Waals surface area contributed by atoms with Gasteiger partial charge in [-0.15, -0.1) is 0 Å². The molecule has 2 amide bonds. The molecule has 136 valence electrons. The number of carbonyl (C=O) groups is 2. The summed E-state index contributed by atoms with van der Waals surface area (Å²) >= 11 is 0. The first-order valence-corrected chi connectivity index (χ1v) is 7.58. The third-order valence-corrected chi connectivity index (χ3v) is 3.34. The van der Waals surface area contributed by atoms with Crippen LogP contribution in [0.5, 0.6) is 17.2 Å². The number of hydrogen-bond acceptors (Lipinski definition) is 6. The lowest BCUT2D eigenvalue weighted by Crippen LogP contribution is -2.32. The fourth-order valence-electron chi connectivity index (χ4n) is 2.11. The van der Waals surface area contributed by atoms with Crippen LogP contribution in [0.25, 0.3) is 0 Å². The fourth-order valence-corrected chi connectivity index (χ4v) is 2.11. The van der Waals surface area contributed by atoms with Crippen molar-refractivity contribution in [2.75, 3.05) is 26.6 Å². The van der Waals surface area contributed by atoms with Crippen molar-refractivity contribution in [3.05, 3.63) is 48.0 Å². The Labute approximate surface area is 150 Å². The molecule has 26 heavy (non-hydrogen) atoms. The van der Waals surface area contributed by atoms with E-state index < -0.39 is 11.8 Å². The van der Waals surface area contributed by atoms with Gasteiger partial charge in [0.25, 0.3) is 0 Å². The van der Waals surface area contributed by atoms with Crippen LogP contribution < -0.4 is 25.0 Å². The summed E-state index contributed by atoms with van der Waals surface area (Å²) in [6.45, 7) is 0. The Hall–Kier alpha value is -3.55. The zero-order valence-electron chi connectivity index (χ0n) is 14.6. The summed E-state index contributed by atoms with van der Waals surface area (Å²) in [5.41, 5.74) is 3.18. The minimum Gasteiger partial charge on any atom is -0.497 e. The number of benzene rings is 2. The van der Waals surface area contributed by atoms with Crippen molar-refractivity contribution < 1.29 is 23.8 Å². The molecule has 2 aromatic rings. The molecule has 0 bridgehead atoms. The highest BCUT2D eigenvalue weighted by atomic mass is 16.5. The molecule has 0 atom stereocenters. The molecule has 0 saturated carbocycles. The van der Waals surface area contributed by atoms with E-state index >= 15 is 0 Å². The van der Waals surface area contributed by atoms with Gasteiger partial charge in [-0.3, -0.25) is 9.59 Å². The van der Waals surface area contributed by atoms with Gasteiger partial charge in [-0.1, -0.05) is 12.1 Å². The monoisotopic (exact) mass is 357 g/mol. The first-order valence-electron chi connectivity index (χ1n) is 7.58. The second-order valence-corrected chi connectivity index (χ2v) is 4.97. The molecule has 2 N–H and O–H groups in total. The lowest BCUT2D eigenvalue weighted by atomic mass is 10.2. The van der Waals surface area contributed by atoms with Gasteiger partial charge in [0.05, 0.1) is 27.5 Å². The van der Waals surface area contributed by atoms with Gasteiger partial charge in [-0.2, -0.15) is 5.10 Å². The second-order valence-electron chi connectivity index (χ2n) is 4.97. The van der Waals surface area contributed by atoms with Crippen molar-refractivity contribution in [1.82, 2.24) is 5.43 Å². The normalized spacial score (nSPS) is 10.3. The molecule has 0 fully saturated rings. The van der Waals surface area contributed by atoms with Crippen molar-refractivity contribution in [2.45, 2.75) is 0 Å². The molecule has 0 aliphatic carbocycles. The van der Waals surface area contributed by atoms with Gasteiger partial charge in [0.15, 0.2) is 11.5 Å². The van der Waals surface area contributed by atoms with E-state index in [0.717, 1.165) is 0 Å². The Kier molecular flexibility index (Phi) is 6.55. The highest BCUT2D eigenvalue weighted by Gasteiger charge is 2.13. The Morgan fingerprint density at radius 3 is 2.42 bits per heavy atom. The smallest absolute Gasteiger partial charge is 0.329 e. The van der Waals surface area contributed by atoms with E-state index in [9.17, 15) is 9.59 Å². The summed E-state index contributed by atoms with van der Waals surface area (Å²) in [4.78, 5) is 23.7. The molecule has 0 radical (unpaired) electrons. The minimum atomic E-state index is -0.911. The first-order chi connectivity index (χ1) is 12.6. The van der Waals surface area contributed by atoms with Crippen LogP contribution in [-0.4, -0.2) is 39.4 Å². The van der Waals surface area contributed by atoms with Crippen molar-refractivity contribution >= 4 is 23.7 Å². The number of para-hydroxylation sites is 1. The Bertz CT molecular complexity index is 820. The second kappa shape index (κ2) is 9.07. The summed E-state index contributed by atoms with van der Waals surface area (Å²) in [6.07, 6.45) is 1.36. The molecule has 0 aliphatic rings. The number of ether oxygens (including phenoxy) is 3. The molecule has 0 unspecified atom stereocenters. The largest absolute Gasteiger partial charge is 0.497 e. The average molecular weight is 357 g/mol. The van der Waals surface area contributed by atoms with Gasteiger partial charge >= 0.3 is 11.8 Å². The maximum absolute atomic E-state index is 11.9. The predicted octanol–water partition coefficient (Wildman–Crippen LogP) is 1.80. The summed E-state index contributed by atoms with van der Waals surface area (Å²) in [6, 6.07) is 11.9. The number of anilines is 1. The molecule has 0 heterocycles. The topological polar surface area (TPSA) is 98.2 Å².